The summed E-state index contributed by atoms with van der Waals surface area (Å²) in [5.74, 6) is -0.266. The van der Waals surface area contributed by atoms with Crippen LogP contribution in [0.25, 0.3) is 0 Å². The summed E-state index contributed by atoms with van der Waals surface area (Å²) in [6, 6.07) is 7.52. The van der Waals surface area contributed by atoms with E-state index in [0.717, 1.165) is 25.9 Å². The van der Waals surface area contributed by atoms with Crippen LogP contribution in [0.4, 0.5) is 4.39 Å². The number of benzene rings is 1. The number of piperidine rings is 1. The van der Waals surface area contributed by atoms with E-state index in [1.165, 1.54) is 32.0 Å². The summed E-state index contributed by atoms with van der Waals surface area (Å²) in [6.45, 7) is 9.46. The topological polar surface area (TPSA) is 26.7 Å². The molecule has 0 saturated carbocycles. The van der Waals surface area contributed by atoms with Gasteiger partial charge in [0.1, 0.15) is 5.82 Å². The number of aliphatic hydroxyl groups is 1. The van der Waals surface area contributed by atoms with Crippen LogP contribution < -0.4 is 0 Å². The molecule has 2 bridgehead atoms. The maximum absolute atomic E-state index is 14.3. The molecule has 2 atom stereocenters. The maximum Gasteiger partial charge on any atom is 0.129 e. The number of fused-ring (bicyclic) bond motifs is 2. The van der Waals surface area contributed by atoms with Crippen LogP contribution in [0.1, 0.15) is 57.9 Å². The Bertz CT molecular complexity index is 627. The third kappa shape index (κ3) is 3.56. The summed E-state index contributed by atoms with van der Waals surface area (Å²) in [5.41, 5.74) is -0.265. The standard InChI is InChI=1S/C22H33FN2O/c1-21(2,15-24-11-5-6-12-24)16-25-17-9-10-18(25)14-22(26,13-17)19-7-3-4-8-20(19)23/h3-4,7-8,17-18,26H,5-6,9-16H2,1-2H3/t17-,18-/m1/s1. The third-order valence-electron chi connectivity index (χ3n) is 6.75. The minimum atomic E-state index is -1.01. The summed E-state index contributed by atoms with van der Waals surface area (Å²) < 4.78 is 14.3. The van der Waals surface area contributed by atoms with E-state index < -0.39 is 5.60 Å². The molecule has 3 aliphatic rings. The first-order valence-corrected chi connectivity index (χ1v) is 10.3. The molecule has 3 fully saturated rings. The zero-order valence-corrected chi connectivity index (χ0v) is 16.3. The van der Waals surface area contributed by atoms with Gasteiger partial charge in [-0.1, -0.05) is 32.0 Å². The zero-order valence-electron chi connectivity index (χ0n) is 16.3. The van der Waals surface area contributed by atoms with Gasteiger partial charge in [-0.15, -0.1) is 0 Å². The van der Waals surface area contributed by atoms with Crippen molar-refractivity contribution in [3.63, 3.8) is 0 Å². The van der Waals surface area contributed by atoms with Gasteiger partial charge < -0.3 is 10.0 Å². The molecule has 4 rings (SSSR count). The van der Waals surface area contributed by atoms with Crippen molar-refractivity contribution in [3.8, 4) is 0 Å². The highest BCUT2D eigenvalue weighted by Gasteiger charge is 2.50. The van der Waals surface area contributed by atoms with E-state index in [1.807, 2.05) is 6.07 Å². The van der Waals surface area contributed by atoms with E-state index >= 15 is 0 Å². The highest BCUT2D eigenvalue weighted by atomic mass is 19.1. The van der Waals surface area contributed by atoms with Crippen LogP contribution >= 0.6 is 0 Å². The fourth-order valence-electron chi connectivity index (χ4n) is 5.72. The Morgan fingerprint density at radius 2 is 1.69 bits per heavy atom. The van der Waals surface area contributed by atoms with Crippen molar-refractivity contribution >= 4 is 0 Å². The van der Waals surface area contributed by atoms with Gasteiger partial charge in [-0.25, -0.2) is 4.39 Å². The lowest BCUT2D eigenvalue weighted by atomic mass is 9.79. The van der Waals surface area contributed by atoms with E-state index in [-0.39, 0.29) is 11.2 Å². The minimum Gasteiger partial charge on any atom is -0.385 e. The maximum atomic E-state index is 14.3. The average Bonchev–Trinajstić information content (AvgIpc) is 3.14. The number of likely N-dealkylation sites (tertiary alicyclic amines) is 1. The van der Waals surface area contributed by atoms with Gasteiger partial charge in [0.2, 0.25) is 0 Å². The van der Waals surface area contributed by atoms with Crippen molar-refractivity contribution in [1.82, 2.24) is 9.80 Å². The number of hydrogen-bond donors (Lipinski definition) is 1. The first-order chi connectivity index (χ1) is 12.4. The number of hydrogen-bond acceptors (Lipinski definition) is 3. The van der Waals surface area contributed by atoms with Crippen molar-refractivity contribution in [1.29, 1.82) is 0 Å². The fourth-order valence-corrected chi connectivity index (χ4v) is 5.72. The second-order valence-corrected chi connectivity index (χ2v) is 9.62. The molecule has 1 aromatic rings. The van der Waals surface area contributed by atoms with Crippen molar-refractivity contribution in [2.24, 2.45) is 5.41 Å². The lowest BCUT2D eigenvalue weighted by Gasteiger charge is -2.47. The number of rotatable bonds is 5. The lowest BCUT2D eigenvalue weighted by molar-refractivity contribution is -0.0685. The van der Waals surface area contributed by atoms with Crippen LogP contribution in [0, 0.1) is 11.2 Å². The molecule has 0 aromatic heterocycles. The third-order valence-corrected chi connectivity index (χ3v) is 6.75. The van der Waals surface area contributed by atoms with Crippen molar-refractivity contribution in [2.45, 2.75) is 70.1 Å². The van der Waals surface area contributed by atoms with Gasteiger partial charge in [-0.3, -0.25) is 4.90 Å². The summed E-state index contributed by atoms with van der Waals surface area (Å²) in [6.07, 6.45) is 6.23. The van der Waals surface area contributed by atoms with Crippen LogP contribution in [0.2, 0.25) is 0 Å². The van der Waals surface area contributed by atoms with Crippen LogP contribution in [0.5, 0.6) is 0 Å². The minimum absolute atomic E-state index is 0.249. The molecule has 0 spiro atoms. The molecular weight excluding hydrogens is 327 g/mol. The predicted molar refractivity (Wildman–Crippen MR) is 103 cm³/mol. The average molecular weight is 361 g/mol. The first kappa shape index (κ1) is 18.4. The Hall–Kier alpha value is -0.970. The van der Waals surface area contributed by atoms with Crippen molar-refractivity contribution in [3.05, 3.63) is 35.6 Å². The Kier molecular flexibility index (Phi) is 4.87. The Morgan fingerprint density at radius 3 is 2.31 bits per heavy atom. The lowest BCUT2D eigenvalue weighted by Crippen LogP contribution is -2.53. The molecule has 3 heterocycles. The molecule has 0 amide bonds. The highest BCUT2D eigenvalue weighted by Crippen LogP contribution is 2.47. The Morgan fingerprint density at radius 1 is 1.08 bits per heavy atom. The molecule has 4 heteroatoms. The quantitative estimate of drug-likeness (QED) is 0.866. The molecule has 3 aliphatic heterocycles. The molecule has 0 unspecified atom stereocenters. The van der Waals surface area contributed by atoms with Crippen LogP contribution in [0.15, 0.2) is 24.3 Å². The molecular formula is C22H33FN2O. The molecule has 1 N–H and O–H groups in total. The summed E-state index contributed by atoms with van der Waals surface area (Å²) in [7, 11) is 0. The highest BCUT2D eigenvalue weighted by molar-refractivity contribution is 5.26. The smallest absolute Gasteiger partial charge is 0.129 e. The van der Waals surface area contributed by atoms with Gasteiger partial charge in [0.15, 0.2) is 0 Å². The molecule has 0 radical (unpaired) electrons. The second kappa shape index (κ2) is 6.88. The van der Waals surface area contributed by atoms with E-state index in [0.29, 0.717) is 30.5 Å². The van der Waals surface area contributed by atoms with Gasteiger partial charge in [-0.2, -0.15) is 0 Å². The molecule has 144 valence electrons. The first-order valence-electron chi connectivity index (χ1n) is 10.3. The van der Waals surface area contributed by atoms with E-state index in [4.69, 9.17) is 0 Å². The Balaban J connectivity index is 1.46. The summed E-state index contributed by atoms with van der Waals surface area (Å²) in [5, 5.41) is 11.3. The largest absolute Gasteiger partial charge is 0.385 e. The fraction of sp³-hybridized carbons (Fsp3) is 0.727. The monoisotopic (exact) mass is 360 g/mol. The van der Waals surface area contributed by atoms with Crippen LogP contribution in [-0.2, 0) is 5.60 Å². The van der Waals surface area contributed by atoms with Crippen LogP contribution in [-0.4, -0.2) is 53.2 Å². The number of halogens is 1. The predicted octanol–water partition coefficient (Wildman–Crippen LogP) is 3.76. The van der Waals surface area contributed by atoms with E-state index in [2.05, 4.69) is 23.6 Å². The van der Waals surface area contributed by atoms with Gasteiger partial charge >= 0.3 is 0 Å². The summed E-state index contributed by atoms with van der Waals surface area (Å²) >= 11 is 0. The van der Waals surface area contributed by atoms with E-state index in [9.17, 15) is 9.50 Å². The zero-order chi connectivity index (χ0) is 18.4. The van der Waals surface area contributed by atoms with Crippen molar-refractivity contribution < 1.29 is 9.50 Å². The Labute approximate surface area is 157 Å². The molecule has 26 heavy (non-hydrogen) atoms. The van der Waals surface area contributed by atoms with Gasteiger partial charge in [-0.05, 0) is 63.1 Å². The molecule has 3 nitrogen and oxygen atoms in total. The van der Waals surface area contributed by atoms with Gasteiger partial charge in [0, 0.05) is 30.7 Å². The second-order valence-electron chi connectivity index (χ2n) is 9.62. The van der Waals surface area contributed by atoms with Gasteiger partial charge in [0.05, 0.1) is 5.60 Å². The van der Waals surface area contributed by atoms with Crippen molar-refractivity contribution in [2.75, 3.05) is 26.2 Å². The summed E-state index contributed by atoms with van der Waals surface area (Å²) in [4.78, 5) is 5.23. The SMILES string of the molecule is CC(C)(CN1CCCC1)CN1[C@@H]2CC[C@@H]1CC(O)(c1ccccc1F)C2. The normalized spacial score (nSPS) is 33.1. The molecule has 0 aliphatic carbocycles. The molecule has 1 aromatic carbocycles. The van der Waals surface area contributed by atoms with Gasteiger partial charge in [0.25, 0.3) is 0 Å². The van der Waals surface area contributed by atoms with E-state index in [1.54, 1.807) is 12.1 Å². The molecule has 3 saturated heterocycles. The van der Waals surface area contributed by atoms with Crippen LogP contribution in [0.3, 0.4) is 0 Å². The number of nitrogens with zero attached hydrogens (tertiary/aromatic N) is 2.